The van der Waals surface area contributed by atoms with Gasteiger partial charge in [0.05, 0.1) is 0 Å². The van der Waals surface area contributed by atoms with Crippen molar-refractivity contribution < 1.29 is 4.42 Å². The number of fused-ring (bicyclic) bond motifs is 1. The Labute approximate surface area is 108 Å². The average molecular weight is 247 g/mol. The molecular formula is C14H21N3O. The Morgan fingerprint density at radius 3 is 2.89 bits per heavy atom. The Kier molecular flexibility index (Phi) is 3.57. The van der Waals surface area contributed by atoms with Crippen LogP contribution in [0.25, 0.3) is 11.1 Å². The molecule has 98 valence electrons. The molecule has 0 aliphatic rings. The predicted octanol–water partition coefficient (Wildman–Crippen LogP) is 2.92. The molecule has 1 heterocycles. The van der Waals surface area contributed by atoms with E-state index in [1.54, 1.807) is 0 Å². The highest BCUT2D eigenvalue weighted by Crippen LogP contribution is 2.23. The summed E-state index contributed by atoms with van der Waals surface area (Å²) in [7, 11) is 0. The maximum atomic E-state index is 5.61. The van der Waals surface area contributed by atoms with Gasteiger partial charge in [0, 0.05) is 25.2 Å². The SMILES string of the molecule is Cc1nc2ccc(NCC(C)(C)CCN)cc2o1. The van der Waals surface area contributed by atoms with Crippen molar-refractivity contribution >= 4 is 16.8 Å². The Bertz CT molecular complexity index is 531. The summed E-state index contributed by atoms with van der Waals surface area (Å²) >= 11 is 0. The number of aryl methyl sites for hydroxylation is 1. The second-order valence-corrected chi connectivity index (χ2v) is 5.47. The summed E-state index contributed by atoms with van der Waals surface area (Å²) in [6, 6.07) is 6.00. The van der Waals surface area contributed by atoms with Crippen LogP contribution in [0.3, 0.4) is 0 Å². The first-order valence-corrected chi connectivity index (χ1v) is 6.31. The molecule has 0 fully saturated rings. The van der Waals surface area contributed by atoms with Crippen LogP contribution in [0.2, 0.25) is 0 Å². The lowest BCUT2D eigenvalue weighted by molar-refractivity contribution is 0.365. The number of aromatic nitrogens is 1. The fourth-order valence-electron chi connectivity index (χ4n) is 1.97. The monoisotopic (exact) mass is 247 g/mol. The number of benzene rings is 1. The molecule has 18 heavy (non-hydrogen) atoms. The van der Waals surface area contributed by atoms with E-state index < -0.39 is 0 Å². The summed E-state index contributed by atoms with van der Waals surface area (Å²) in [6.45, 7) is 7.89. The number of rotatable bonds is 5. The zero-order valence-corrected chi connectivity index (χ0v) is 11.3. The molecule has 0 saturated heterocycles. The van der Waals surface area contributed by atoms with Gasteiger partial charge in [-0.2, -0.15) is 0 Å². The molecule has 2 rings (SSSR count). The molecular weight excluding hydrogens is 226 g/mol. The van der Waals surface area contributed by atoms with Gasteiger partial charge in [-0.15, -0.1) is 0 Å². The van der Waals surface area contributed by atoms with Gasteiger partial charge in [-0.05, 0) is 30.5 Å². The molecule has 0 bridgehead atoms. The number of oxazole rings is 1. The van der Waals surface area contributed by atoms with E-state index in [4.69, 9.17) is 10.2 Å². The van der Waals surface area contributed by atoms with Crippen LogP contribution >= 0.6 is 0 Å². The lowest BCUT2D eigenvalue weighted by atomic mass is 9.89. The van der Waals surface area contributed by atoms with Crippen LogP contribution in [0.1, 0.15) is 26.2 Å². The molecule has 0 unspecified atom stereocenters. The van der Waals surface area contributed by atoms with Crippen LogP contribution in [-0.4, -0.2) is 18.1 Å². The first kappa shape index (κ1) is 12.9. The summed E-state index contributed by atoms with van der Waals surface area (Å²) in [6.07, 6.45) is 1.00. The molecule has 4 nitrogen and oxygen atoms in total. The normalized spacial score (nSPS) is 12.0. The minimum absolute atomic E-state index is 0.195. The van der Waals surface area contributed by atoms with Crippen molar-refractivity contribution in [2.24, 2.45) is 11.1 Å². The second kappa shape index (κ2) is 4.98. The highest BCUT2D eigenvalue weighted by molar-refractivity contribution is 5.77. The lowest BCUT2D eigenvalue weighted by Crippen LogP contribution is -2.26. The van der Waals surface area contributed by atoms with E-state index >= 15 is 0 Å². The van der Waals surface area contributed by atoms with Crippen molar-refractivity contribution in [2.75, 3.05) is 18.4 Å². The molecule has 0 atom stereocenters. The fraction of sp³-hybridized carbons (Fsp3) is 0.500. The van der Waals surface area contributed by atoms with Crippen molar-refractivity contribution in [3.8, 4) is 0 Å². The van der Waals surface area contributed by atoms with Crippen molar-refractivity contribution in [1.29, 1.82) is 0 Å². The van der Waals surface area contributed by atoms with Gasteiger partial charge < -0.3 is 15.5 Å². The third-order valence-electron chi connectivity index (χ3n) is 3.09. The second-order valence-electron chi connectivity index (χ2n) is 5.47. The van der Waals surface area contributed by atoms with Gasteiger partial charge in [-0.3, -0.25) is 0 Å². The number of nitrogens with zero attached hydrogens (tertiary/aromatic N) is 1. The third-order valence-corrected chi connectivity index (χ3v) is 3.09. The van der Waals surface area contributed by atoms with Crippen LogP contribution in [0, 0.1) is 12.3 Å². The molecule has 0 aliphatic heterocycles. The van der Waals surface area contributed by atoms with Gasteiger partial charge in [-0.25, -0.2) is 4.98 Å². The molecule has 2 aromatic rings. The molecule has 0 radical (unpaired) electrons. The number of anilines is 1. The van der Waals surface area contributed by atoms with Gasteiger partial charge in [0.15, 0.2) is 11.5 Å². The van der Waals surface area contributed by atoms with E-state index in [-0.39, 0.29) is 5.41 Å². The highest BCUT2D eigenvalue weighted by Gasteiger charge is 2.16. The summed E-state index contributed by atoms with van der Waals surface area (Å²) in [5.41, 5.74) is 8.59. The molecule has 0 amide bonds. The minimum atomic E-state index is 0.195. The van der Waals surface area contributed by atoms with E-state index in [9.17, 15) is 0 Å². The molecule has 1 aromatic carbocycles. The fourth-order valence-corrected chi connectivity index (χ4v) is 1.97. The van der Waals surface area contributed by atoms with Crippen molar-refractivity contribution in [3.63, 3.8) is 0 Å². The van der Waals surface area contributed by atoms with Crippen LogP contribution in [0.15, 0.2) is 22.6 Å². The van der Waals surface area contributed by atoms with E-state index in [0.717, 1.165) is 36.3 Å². The maximum absolute atomic E-state index is 5.61. The van der Waals surface area contributed by atoms with E-state index in [0.29, 0.717) is 5.89 Å². The molecule has 0 aliphatic carbocycles. The van der Waals surface area contributed by atoms with Gasteiger partial charge in [0.25, 0.3) is 0 Å². The van der Waals surface area contributed by atoms with E-state index in [1.165, 1.54) is 0 Å². The molecule has 3 N–H and O–H groups in total. The van der Waals surface area contributed by atoms with Crippen molar-refractivity contribution in [2.45, 2.75) is 27.2 Å². The standard InChI is InChI=1S/C14H21N3O/c1-10-17-12-5-4-11(8-13(12)18-10)16-9-14(2,3)6-7-15/h4-5,8,16H,6-7,9,15H2,1-3H3. The Morgan fingerprint density at radius 1 is 1.39 bits per heavy atom. The van der Waals surface area contributed by atoms with E-state index in [2.05, 4.69) is 24.1 Å². The zero-order valence-electron chi connectivity index (χ0n) is 11.3. The highest BCUT2D eigenvalue weighted by atomic mass is 16.3. The zero-order chi connectivity index (χ0) is 13.2. The summed E-state index contributed by atoms with van der Waals surface area (Å²) in [4.78, 5) is 4.28. The average Bonchev–Trinajstić information content (AvgIpc) is 2.65. The number of hydrogen-bond donors (Lipinski definition) is 2. The molecule has 4 heteroatoms. The first-order valence-electron chi connectivity index (χ1n) is 6.31. The number of hydrogen-bond acceptors (Lipinski definition) is 4. The van der Waals surface area contributed by atoms with Crippen LogP contribution < -0.4 is 11.1 Å². The molecule has 0 saturated carbocycles. The van der Waals surface area contributed by atoms with Gasteiger partial charge in [0.1, 0.15) is 5.52 Å². The smallest absolute Gasteiger partial charge is 0.192 e. The van der Waals surface area contributed by atoms with Crippen LogP contribution in [-0.2, 0) is 0 Å². The summed E-state index contributed by atoms with van der Waals surface area (Å²) < 4.78 is 5.52. The van der Waals surface area contributed by atoms with Crippen LogP contribution in [0.5, 0.6) is 0 Å². The minimum Gasteiger partial charge on any atom is -0.441 e. The quantitative estimate of drug-likeness (QED) is 0.852. The number of nitrogens with two attached hydrogens (primary N) is 1. The van der Waals surface area contributed by atoms with E-state index in [1.807, 2.05) is 25.1 Å². The maximum Gasteiger partial charge on any atom is 0.192 e. The molecule has 0 spiro atoms. The topological polar surface area (TPSA) is 64.1 Å². The van der Waals surface area contributed by atoms with Crippen molar-refractivity contribution in [3.05, 3.63) is 24.1 Å². The molecule has 1 aromatic heterocycles. The predicted molar refractivity (Wildman–Crippen MR) is 74.7 cm³/mol. The summed E-state index contributed by atoms with van der Waals surface area (Å²) in [5.74, 6) is 0.700. The Balaban J connectivity index is 2.07. The van der Waals surface area contributed by atoms with Gasteiger partial charge in [-0.1, -0.05) is 13.8 Å². The third kappa shape index (κ3) is 3.01. The largest absolute Gasteiger partial charge is 0.441 e. The Hall–Kier alpha value is -1.55. The number of nitrogens with one attached hydrogen (secondary N) is 1. The van der Waals surface area contributed by atoms with Crippen molar-refractivity contribution in [1.82, 2.24) is 4.98 Å². The van der Waals surface area contributed by atoms with Gasteiger partial charge >= 0.3 is 0 Å². The summed E-state index contributed by atoms with van der Waals surface area (Å²) in [5, 5.41) is 3.43. The van der Waals surface area contributed by atoms with Gasteiger partial charge in [0.2, 0.25) is 0 Å². The first-order chi connectivity index (χ1) is 8.50. The lowest BCUT2D eigenvalue weighted by Gasteiger charge is -2.24. The van der Waals surface area contributed by atoms with Crippen LogP contribution in [0.4, 0.5) is 5.69 Å². The Morgan fingerprint density at radius 2 is 2.17 bits per heavy atom.